The minimum atomic E-state index is -1.12. The molecular weight excluding hydrogens is 328 g/mol. The Hall–Kier alpha value is -3.30. The van der Waals surface area contributed by atoms with E-state index in [1.165, 1.54) is 29.8 Å². The van der Waals surface area contributed by atoms with E-state index in [9.17, 15) is 19.5 Å². The Balaban J connectivity index is 2.16. The number of carboxylic acid groups (broad SMARTS) is 1. The lowest BCUT2D eigenvalue weighted by Gasteiger charge is -2.26. The normalized spacial score (nSPS) is 11.6. The van der Waals surface area contributed by atoms with Crippen molar-refractivity contribution in [1.29, 1.82) is 0 Å². The van der Waals surface area contributed by atoms with E-state index in [1.54, 1.807) is 24.3 Å². The average molecular weight is 346 g/mol. The maximum Gasteiger partial charge on any atom is 0.326 e. The first-order chi connectivity index (χ1) is 11.9. The van der Waals surface area contributed by atoms with Gasteiger partial charge < -0.3 is 15.3 Å². The van der Waals surface area contributed by atoms with Gasteiger partial charge in [0.2, 0.25) is 5.91 Å². The molecule has 1 unspecified atom stereocenters. The average Bonchev–Trinajstić information content (AvgIpc) is 3.12. The number of hydrogen-bond donors (Lipinski definition) is 2. The van der Waals surface area contributed by atoms with Crippen LogP contribution in [-0.4, -0.2) is 67.1 Å². The van der Waals surface area contributed by atoms with Crippen molar-refractivity contribution >= 4 is 17.8 Å². The molecule has 0 radical (unpaired) electrons. The zero-order valence-electron chi connectivity index (χ0n) is 13.8. The van der Waals surface area contributed by atoms with Crippen LogP contribution in [0.3, 0.4) is 0 Å². The summed E-state index contributed by atoms with van der Waals surface area (Å²) in [6, 6.07) is 5.42. The number of benzene rings is 1. The number of nitrogens with zero attached hydrogens (tertiary/aromatic N) is 5. The Bertz CT molecular complexity index is 744. The molecule has 0 fully saturated rings. The lowest BCUT2D eigenvalue weighted by Crippen LogP contribution is -2.46. The van der Waals surface area contributed by atoms with Crippen LogP contribution < -0.4 is 5.32 Å². The van der Waals surface area contributed by atoms with Crippen LogP contribution >= 0.6 is 0 Å². The molecule has 2 N–H and O–H groups in total. The molecule has 0 spiro atoms. The van der Waals surface area contributed by atoms with Crippen molar-refractivity contribution in [2.45, 2.75) is 19.9 Å². The highest BCUT2D eigenvalue weighted by atomic mass is 16.4. The van der Waals surface area contributed by atoms with Gasteiger partial charge in [-0.05, 0) is 41.6 Å². The molecule has 2 amide bonds. The van der Waals surface area contributed by atoms with Gasteiger partial charge in [0.15, 0.2) is 0 Å². The van der Waals surface area contributed by atoms with Gasteiger partial charge in [-0.15, -0.1) is 5.10 Å². The first kappa shape index (κ1) is 18.0. The van der Waals surface area contributed by atoms with Crippen LogP contribution in [0.1, 0.15) is 24.2 Å². The minimum absolute atomic E-state index is 0.0840. The van der Waals surface area contributed by atoms with Gasteiger partial charge in [-0.2, -0.15) is 0 Å². The van der Waals surface area contributed by atoms with E-state index >= 15 is 0 Å². The van der Waals surface area contributed by atoms with Crippen LogP contribution in [0.25, 0.3) is 5.69 Å². The summed E-state index contributed by atoms with van der Waals surface area (Å²) in [4.78, 5) is 36.1. The summed E-state index contributed by atoms with van der Waals surface area (Å²) in [6.45, 7) is 3.02. The van der Waals surface area contributed by atoms with Gasteiger partial charge in [-0.1, -0.05) is 0 Å². The summed E-state index contributed by atoms with van der Waals surface area (Å²) in [5.41, 5.74) is 0.991. The maximum atomic E-state index is 12.7. The molecule has 0 saturated carbocycles. The van der Waals surface area contributed by atoms with Crippen LogP contribution in [-0.2, 0) is 9.59 Å². The first-order valence-corrected chi connectivity index (χ1v) is 7.51. The fourth-order valence-corrected chi connectivity index (χ4v) is 2.16. The Kier molecular flexibility index (Phi) is 5.77. The van der Waals surface area contributed by atoms with Gasteiger partial charge in [0.1, 0.15) is 12.4 Å². The van der Waals surface area contributed by atoms with E-state index in [1.807, 2.05) is 0 Å². The van der Waals surface area contributed by atoms with E-state index < -0.39 is 17.9 Å². The number of carboxylic acids is 1. The molecule has 132 valence electrons. The Morgan fingerprint density at radius 1 is 1.28 bits per heavy atom. The molecule has 0 aliphatic rings. The van der Waals surface area contributed by atoms with E-state index in [4.69, 9.17) is 0 Å². The zero-order chi connectivity index (χ0) is 18.4. The predicted octanol–water partition coefficient (Wildman–Crippen LogP) is -0.286. The van der Waals surface area contributed by atoms with E-state index in [0.717, 1.165) is 0 Å². The Morgan fingerprint density at radius 2 is 1.96 bits per heavy atom. The van der Waals surface area contributed by atoms with E-state index in [0.29, 0.717) is 11.3 Å². The molecule has 0 bridgehead atoms. The predicted molar refractivity (Wildman–Crippen MR) is 86.0 cm³/mol. The topological polar surface area (TPSA) is 130 Å². The number of carbonyl (C=O) groups is 3. The van der Waals surface area contributed by atoms with Gasteiger partial charge >= 0.3 is 5.97 Å². The molecule has 0 saturated heterocycles. The quantitative estimate of drug-likeness (QED) is 0.704. The lowest BCUT2D eigenvalue weighted by molar-refractivity contribution is -0.141. The molecule has 1 heterocycles. The molecule has 0 aliphatic carbocycles. The maximum absolute atomic E-state index is 12.7. The van der Waals surface area contributed by atoms with Crippen molar-refractivity contribution in [3.05, 3.63) is 36.2 Å². The van der Waals surface area contributed by atoms with E-state index in [-0.39, 0.29) is 19.0 Å². The summed E-state index contributed by atoms with van der Waals surface area (Å²) in [7, 11) is 0. The highest BCUT2D eigenvalue weighted by Gasteiger charge is 2.26. The molecule has 2 aromatic rings. The summed E-state index contributed by atoms with van der Waals surface area (Å²) in [5, 5.41) is 22.6. The van der Waals surface area contributed by atoms with Gasteiger partial charge in [0, 0.05) is 25.6 Å². The number of nitrogens with one attached hydrogen (secondary N) is 1. The fraction of sp³-hybridized carbons (Fsp3) is 0.333. The summed E-state index contributed by atoms with van der Waals surface area (Å²) in [6.07, 6.45) is 1.42. The largest absolute Gasteiger partial charge is 0.480 e. The second-order valence-corrected chi connectivity index (χ2v) is 5.30. The second kappa shape index (κ2) is 7.99. The number of amides is 2. The number of rotatable bonds is 7. The molecule has 1 aromatic carbocycles. The first-order valence-electron chi connectivity index (χ1n) is 7.51. The molecule has 2 rings (SSSR count). The van der Waals surface area contributed by atoms with Crippen molar-refractivity contribution in [1.82, 2.24) is 30.4 Å². The van der Waals surface area contributed by atoms with Gasteiger partial charge in [0.25, 0.3) is 5.91 Å². The molecule has 1 atom stereocenters. The second-order valence-electron chi connectivity index (χ2n) is 5.30. The van der Waals surface area contributed by atoms with Crippen molar-refractivity contribution in [3.8, 4) is 5.69 Å². The molecule has 10 heteroatoms. The summed E-state index contributed by atoms with van der Waals surface area (Å²) in [5.74, 6) is -1.81. The molecule has 25 heavy (non-hydrogen) atoms. The highest BCUT2D eigenvalue weighted by molar-refractivity contribution is 5.96. The molecular formula is C15H18N6O4. The number of aromatic nitrogens is 4. The number of tetrazole rings is 1. The zero-order valence-corrected chi connectivity index (χ0v) is 13.8. The van der Waals surface area contributed by atoms with Crippen molar-refractivity contribution in [2.75, 3.05) is 13.1 Å². The van der Waals surface area contributed by atoms with Crippen molar-refractivity contribution < 1.29 is 19.5 Å². The van der Waals surface area contributed by atoms with Crippen LogP contribution in [0.5, 0.6) is 0 Å². The lowest BCUT2D eigenvalue weighted by atomic mass is 10.1. The van der Waals surface area contributed by atoms with Crippen LogP contribution in [0, 0.1) is 0 Å². The molecule has 10 nitrogen and oxygen atoms in total. The third-order valence-electron chi connectivity index (χ3n) is 3.54. The monoisotopic (exact) mass is 346 g/mol. The van der Waals surface area contributed by atoms with Crippen molar-refractivity contribution in [2.24, 2.45) is 0 Å². The number of carbonyl (C=O) groups excluding carboxylic acids is 2. The van der Waals surface area contributed by atoms with Crippen LogP contribution in [0.4, 0.5) is 0 Å². The SMILES string of the molecule is CC(=O)NCCN(C(=O)c1ccc(-n2cnnn2)cc1)C(C)C(=O)O. The highest BCUT2D eigenvalue weighted by Crippen LogP contribution is 2.12. The third-order valence-corrected chi connectivity index (χ3v) is 3.54. The number of hydrogen-bond acceptors (Lipinski definition) is 6. The van der Waals surface area contributed by atoms with Gasteiger partial charge in [-0.25, -0.2) is 9.48 Å². The smallest absolute Gasteiger partial charge is 0.326 e. The third kappa shape index (κ3) is 4.59. The Labute approximate surface area is 143 Å². The van der Waals surface area contributed by atoms with Crippen molar-refractivity contribution in [3.63, 3.8) is 0 Å². The Morgan fingerprint density at radius 3 is 2.48 bits per heavy atom. The fourth-order valence-electron chi connectivity index (χ4n) is 2.16. The number of aliphatic carboxylic acids is 1. The van der Waals surface area contributed by atoms with E-state index in [2.05, 4.69) is 20.8 Å². The van der Waals surface area contributed by atoms with Gasteiger partial charge in [0.05, 0.1) is 5.69 Å². The minimum Gasteiger partial charge on any atom is -0.480 e. The van der Waals surface area contributed by atoms with Crippen LogP contribution in [0.2, 0.25) is 0 Å². The summed E-state index contributed by atoms with van der Waals surface area (Å²) >= 11 is 0. The summed E-state index contributed by atoms with van der Waals surface area (Å²) < 4.78 is 1.43. The molecule has 1 aromatic heterocycles. The van der Waals surface area contributed by atoms with Crippen LogP contribution in [0.15, 0.2) is 30.6 Å². The van der Waals surface area contributed by atoms with Gasteiger partial charge in [-0.3, -0.25) is 9.59 Å². The molecule has 0 aliphatic heterocycles. The standard InChI is InChI=1S/C15H18N6O4/c1-10(15(24)25)20(8-7-16-11(2)22)14(23)12-3-5-13(6-4-12)21-9-17-18-19-21/h3-6,9-10H,7-8H2,1-2H3,(H,16,22)(H,24,25).